The van der Waals surface area contributed by atoms with Crippen LogP contribution < -0.4 is 16.2 Å². The molecule has 0 radical (unpaired) electrons. The second kappa shape index (κ2) is 8.30. The number of halogens is 6. The number of aromatic nitrogens is 4. The molecule has 0 spiro atoms. The van der Waals surface area contributed by atoms with Crippen LogP contribution in [0, 0.1) is 11.8 Å². The first-order valence-electron chi connectivity index (χ1n) is 10.5. The molecule has 0 bridgehead atoms. The number of anilines is 1. The van der Waals surface area contributed by atoms with Gasteiger partial charge in [0.2, 0.25) is 5.95 Å². The molecule has 35 heavy (non-hydrogen) atoms. The number of nitrogens with one attached hydrogen (secondary N) is 1. The summed E-state index contributed by atoms with van der Waals surface area (Å²) in [5, 5.41) is 6.46. The zero-order valence-electron chi connectivity index (χ0n) is 18.6. The van der Waals surface area contributed by atoms with Gasteiger partial charge in [0.25, 0.3) is 5.56 Å². The van der Waals surface area contributed by atoms with E-state index in [1.807, 2.05) is 11.8 Å². The molecule has 0 unspecified atom stereocenters. The number of piperidine rings is 1. The Morgan fingerprint density at radius 1 is 1.03 bits per heavy atom. The molecule has 0 aliphatic carbocycles. The lowest BCUT2D eigenvalue weighted by molar-refractivity contribution is -0.143. The molecule has 0 saturated carbocycles. The van der Waals surface area contributed by atoms with Crippen LogP contribution in [0.1, 0.15) is 42.1 Å². The highest BCUT2D eigenvalue weighted by molar-refractivity contribution is 5.81. The first kappa shape index (κ1) is 24.6. The van der Waals surface area contributed by atoms with Crippen molar-refractivity contribution in [2.75, 3.05) is 18.0 Å². The molecule has 1 aromatic carbocycles. The standard InChI is InChI=1S/C22H20F6N6O/c1-20(29)5-7-34(8-6-20)19-30-17-16(18(35)33(19)2)15(31-32-17)4-3-12-9-13(21(23,24)25)11-14(10-12)22(26,27)28/h9-11H,5-8,29H2,1-2H3,(H,31,32). The Labute approximate surface area is 194 Å². The first-order valence-corrected chi connectivity index (χ1v) is 10.5. The van der Waals surface area contributed by atoms with Crippen molar-refractivity contribution in [3.05, 3.63) is 50.9 Å². The van der Waals surface area contributed by atoms with E-state index in [9.17, 15) is 31.1 Å². The van der Waals surface area contributed by atoms with Crippen molar-refractivity contribution in [3.8, 4) is 11.8 Å². The van der Waals surface area contributed by atoms with Gasteiger partial charge in [-0.3, -0.25) is 14.5 Å². The molecule has 1 aliphatic heterocycles. The highest BCUT2D eigenvalue weighted by Gasteiger charge is 2.37. The number of hydrogen-bond acceptors (Lipinski definition) is 5. The van der Waals surface area contributed by atoms with Crippen molar-refractivity contribution in [3.63, 3.8) is 0 Å². The zero-order valence-corrected chi connectivity index (χ0v) is 18.6. The fourth-order valence-corrected chi connectivity index (χ4v) is 3.80. The van der Waals surface area contributed by atoms with Crippen LogP contribution in [-0.4, -0.2) is 38.4 Å². The topological polar surface area (TPSA) is 92.8 Å². The smallest absolute Gasteiger partial charge is 0.342 e. The van der Waals surface area contributed by atoms with Gasteiger partial charge in [0.15, 0.2) is 11.3 Å². The molecule has 4 rings (SSSR count). The van der Waals surface area contributed by atoms with E-state index >= 15 is 0 Å². The Kier molecular flexibility index (Phi) is 5.83. The number of benzene rings is 1. The summed E-state index contributed by atoms with van der Waals surface area (Å²) in [5.74, 6) is 5.06. The summed E-state index contributed by atoms with van der Waals surface area (Å²) < 4.78 is 79.9. The molecular weight excluding hydrogens is 478 g/mol. The van der Waals surface area contributed by atoms with Crippen molar-refractivity contribution in [2.24, 2.45) is 12.8 Å². The normalized spacial score (nSPS) is 16.3. The number of hydrogen-bond donors (Lipinski definition) is 2. The van der Waals surface area contributed by atoms with Crippen LogP contribution in [0.15, 0.2) is 23.0 Å². The third kappa shape index (κ3) is 4.97. The van der Waals surface area contributed by atoms with Crippen LogP contribution in [0.3, 0.4) is 0 Å². The summed E-state index contributed by atoms with van der Waals surface area (Å²) in [7, 11) is 1.51. The minimum absolute atomic E-state index is 0.0180. The van der Waals surface area contributed by atoms with Crippen LogP contribution in [0.4, 0.5) is 32.3 Å². The van der Waals surface area contributed by atoms with Crippen LogP contribution in [-0.2, 0) is 19.4 Å². The fraction of sp³-hybridized carbons (Fsp3) is 0.409. The van der Waals surface area contributed by atoms with E-state index in [2.05, 4.69) is 27.0 Å². The van der Waals surface area contributed by atoms with E-state index in [0.717, 1.165) is 0 Å². The number of aromatic amines is 1. The quantitative estimate of drug-likeness (QED) is 0.396. The molecule has 3 N–H and O–H groups in total. The first-order chi connectivity index (χ1) is 16.2. The van der Waals surface area contributed by atoms with Crippen LogP contribution in [0.25, 0.3) is 11.0 Å². The average molecular weight is 498 g/mol. The monoisotopic (exact) mass is 498 g/mol. The maximum atomic E-state index is 13.1. The molecule has 2 aromatic heterocycles. The molecule has 1 aliphatic rings. The molecule has 1 saturated heterocycles. The van der Waals surface area contributed by atoms with Gasteiger partial charge in [-0.1, -0.05) is 5.92 Å². The van der Waals surface area contributed by atoms with E-state index in [1.165, 1.54) is 11.6 Å². The highest BCUT2D eigenvalue weighted by atomic mass is 19.4. The van der Waals surface area contributed by atoms with Gasteiger partial charge in [-0.15, -0.1) is 0 Å². The van der Waals surface area contributed by atoms with Gasteiger partial charge in [0, 0.05) is 31.2 Å². The van der Waals surface area contributed by atoms with Gasteiger partial charge < -0.3 is 10.6 Å². The second-order valence-electron chi connectivity index (χ2n) is 8.76. The van der Waals surface area contributed by atoms with Gasteiger partial charge in [0.1, 0.15) is 5.39 Å². The molecule has 0 atom stereocenters. The lowest BCUT2D eigenvalue weighted by Crippen LogP contribution is -2.49. The maximum absolute atomic E-state index is 13.1. The number of nitrogens with two attached hydrogens (primary N) is 1. The summed E-state index contributed by atoms with van der Waals surface area (Å²) in [6.07, 6.45) is -8.61. The Morgan fingerprint density at radius 2 is 1.60 bits per heavy atom. The summed E-state index contributed by atoms with van der Waals surface area (Å²) in [4.78, 5) is 19.4. The third-order valence-corrected chi connectivity index (χ3v) is 5.88. The Morgan fingerprint density at radius 3 is 2.14 bits per heavy atom. The number of nitrogens with zero attached hydrogens (tertiary/aromatic N) is 4. The van der Waals surface area contributed by atoms with Gasteiger partial charge in [-0.05, 0) is 43.9 Å². The second-order valence-corrected chi connectivity index (χ2v) is 8.76. The molecule has 3 aromatic rings. The molecule has 3 heterocycles. The van der Waals surface area contributed by atoms with E-state index in [4.69, 9.17) is 5.73 Å². The Hall–Kier alpha value is -3.53. The van der Waals surface area contributed by atoms with Crippen LogP contribution in [0.2, 0.25) is 0 Å². The van der Waals surface area contributed by atoms with Crippen molar-refractivity contribution in [1.82, 2.24) is 19.7 Å². The lowest BCUT2D eigenvalue weighted by atomic mass is 9.91. The molecule has 1 fully saturated rings. The van der Waals surface area contributed by atoms with Crippen molar-refractivity contribution in [1.29, 1.82) is 0 Å². The average Bonchev–Trinajstić information content (AvgIpc) is 3.16. The summed E-state index contributed by atoms with van der Waals surface area (Å²) >= 11 is 0. The predicted molar refractivity (Wildman–Crippen MR) is 116 cm³/mol. The summed E-state index contributed by atoms with van der Waals surface area (Å²) in [6.45, 7) is 3.11. The predicted octanol–water partition coefficient (Wildman–Crippen LogP) is 3.41. The number of fused-ring (bicyclic) bond motifs is 1. The Balaban J connectivity index is 1.74. The number of H-pyrrole nitrogens is 1. The molecular formula is C22H20F6N6O. The third-order valence-electron chi connectivity index (χ3n) is 5.88. The largest absolute Gasteiger partial charge is 0.416 e. The Bertz CT molecular complexity index is 1360. The lowest BCUT2D eigenvalue weighted by Gasteiger charge is -2.37. The van der Waals surface area contributed by atoms with Crippen molar-refractivity contribution >= 4 is 17.0 Å². The van der Waals surface area contributed by atoms with Crippen LogP contribution in [0.5, 0.6) is 0 Å². The summed E-state index contributed by atoms with van der Waals surface area (Å²) in [6, 6.07) is 1.03. The fourth-order valence-electron chi connectivity index (χ4n) is 3.80. The zero-order chi connectivity index (χ0) is 25.8. The number of rotatable bonds is 1. The van der Waals surface area contributed by atoms with E-state index in [0.29, 0.717) is 44.0 Å². The van der Waals surface area contributed by atoms with Crippen molar-refractivity contribution in [2.45, 2.75) is 37.7 Å². The molecule has 13 heteroatoms. The molecule has 186 valence electrons. The van der Waals surface area contributed by atoms with E-state index in [1.54, 1.807) is 0 Å². The molecule has 0 amide bonds. The highest BCUT2D eigenvalue weighted by Crippen LogP contribution is 2.36. The number of alkyl halides is 6. The van der Waals surface area contributed by atoms with Crippen molar-refractivity contribution < 1.29 is 26.3 Å². The van der Waals surface area contributed by atoms with Gasteiger partial charge in [0.05, 0.1) is 11.1 Å². The molecule has 7 nitrogen and oxygen atoms in total. The SMILES string of the molecule is Cn1c(N2CCC(C)(N)CC2)nc2[nH]nc(C#Cc3cc(C(F)(F)F)cc(C(F)(F)F)c3)c2c1=O. The minimum atomic E-state index is -5.00. The van der Waals surface area contributed by atoms with Crippen LogP contribution >= 0.6 is 0 Å². The van der Waals surface area contributed by atoms with Gasteiger partial charge >= 0.3 is 12.4 Å². The summed E-state index contributed by atoms with van der Waals surface area (Å²) in [5.41, 5.74) is 1.80. The van der Waals surface area contributed by atoms with Gasteiger partial charge in [-0.25, -0.2) is 0 Å². The van der Waals surface area contributed by atoms with E-state index < -0.39 is 34.6 Å². The minimum Gasteiger partial charge on any atom is -0.342 e. The van der Waals surface area contributed by atoms with E-state index in [-0.39, 0.29) is 28.3 Å². The van der Waals surface area contributed by atoms with Gasteiger partial charge in [-0.2, -0.15) is 36.4 Å². The maximum Gasteiger partial charge on any atom is 0.416 e.